The van der Waals surface area contributed by atoms with Crippen LogP contribution in [-0.2, 0) is 4.79 Å². The molecule has 0 spiro atoms. The van der Waals surface area contributed by atoms with Gasteiger partial charge in [0.15, 0.2) is 0 Å². The molecule has 0 aliphatic carbocycles. The summed E-state index contributed by atoms with van der Waals surface area (Å²) >= 11 is 6.48. The van der Waals surface area contributed by atoms with E-state index in [9.17, 15) is 4.79 Å². The van der Waals surface area contributed by atoms with Crippen molar-refractivity contribution in [1.29, 1.82) is 0 Å². The van der Waals surface area contributed by atoms with Crippen LogP contribution in [0.15, 0.2) is 36.4 Å². The number of H-pyrrole nitrogens is 1. The molecule has 1 amide bonds. The molecule has 2 heterocycles. The molecule has 27 heavy (non-hydrogen) atoms. The zero-order valence-electron chi connectivity index (χ0n) is 15.7. The zero-order valence-corrected chi connectivity index (χ0v) is 16.5. The summed E-state index contributed by atoms with van der Waals surface area (Å²) in [6.07, 6.45) is 1.88. The Morgan fingerprint density at radius 3 is 2.33 bits per heavy atom. The van der Waals surface area contributed by atoms with Gasteiger partial charge >= 0.3 is 0 Å². The van der Waals surface area contributed by atoms with Crippen LogP contribution in [0.1, 0.15) is 11.1 Å². The Kier molecular flexibility index (Phi) is 4.12. The molecule has 1 aliphatic rings. The zero-order chi connectivity index (χ0) is 19.3. The van der Waals surface area contributed by atoms with Gasteiger partial charge in [0.25, 0.3) is 5.91 Å². The molecule has 2 aromatic carbocycles. The van der Waals surface area contributed by atoms with Crippen LogP contribution in [0.5, 0.6) is 0 Å². The molecule has 1 aromatic heterocycles. The fourth-order valence-corrected chi connectivity index (χ4v) is 3.59. The quantitative estimate of drug-likeness (QED) is 0.660. The van der Waals surface area contributed by atoms with Crippen LogP contribution in [-0.4, -0.2) is 39.1 Å². The van der Waals surface area contributed by atoms with Crippen molar-refractivity contribution in [2.45, 2.75) is 0 Å². The van der Waals surface area contributed by atoms with E-state index >= 15 is 0 Å². The Bertz CT molecular complexity index is 1090. The van der Waals surface area contributed by atoms with Crippen molar-refractivity contribution in [1.82, 2.24) is 4.98 Å². The Hall–Kier alpha value is -2.92. The minimum absolute atomic E-state index is 0.116. The third-order valence-corrected chi connectivity index (χ3v) is 5.18. The molecule has 3 aromatic rings. The van der Waals surface area contributed by atoms with Gasteiger partial charge in [0.05, 0.1) is 0 Å². The molecule has 0 saturated carbocycles. The molecule has 2 N–H and O–H groups in total. The standard InChI is InChI=1S/C21H21ClN4O/c1-25(2)12-5-7-18-14(9-12)16(20(22)23-18)11-17-15-10-13(26(3)4)6-8-19(15)24-21(17)27/h5-11,23H,1-4H3,(H,24,27)/b17-11+. The predicted molar refractivity (Wildman–Crippen MR) is 115 cm³/mol. The summed E-state index contributed by atoms with van der Waals surface area (Å²) in [5.41, 5.74) is 6.20. The molecule has 4 rings (SSSR count). The van der Waals surface area contributed by atoms with E-state index in [2.05, 4.69) is 16.4 Å². The summed E-state index contributed by atoms with van der Waals surface area (Å²) in [6, 6.07) is 12.1. The Morgan fingerprint density at radius 2 is 1.63 bits per heavy atom. The summed E-state index contributed by atoms with van der Waals surface area (Å²) in [5.74, 6) is -0.116. The van der Waals surface area contributed by atoms with Crippen LogP contribution in [0, 0.1) is 0 Å². The van der Waals surface area contributed by atoms with Crippen LogP contribution in [0.4, 0.5) is 17.1 Å². The Morgan fingerprint density at radius 1 is 0.963 bits per heavy atom. The Balaban J connectivity index is 1.90. The lowest BCUT2D eigenvalue weighted by Gasteiger charge is -2.13. The molecule has 0 unspecified atom stereocenters. The second-order valence-corrected chi connectivity index (χ2v) is 7.49. The van der Waals surface area contributed by atoms with Crippen LogP contribution in [0.25, 0.3) is 22.6 Å². The molecule has 0 fully saturated rings. The van der Waals surface area contributed by atoms with Crippen LogP contribution in [0.3, 0.4) is 0 Å². The first kappa shape index (κ1) is 17.5. The van der Waals surface area contributed by atoms with Gasteiger partial charge in [0.1, 0.15) is 5.15 Å². The van der Waals surface area contributed by atoms with E-state index in [0.29, 0.717) is 10.7 Å². The van der Waals surface area contributed by atoms with Gasteiger partial charge in [-0.05, 0) is 42.5 Å². The van der Waals surface area contributed by atoms with Crippen molar-refractivity contribution in [3.8, 4) is 0 Å². The van der Waals surface area contributed by atoms with Gasteiger partial charge in [-0.15, -0.1) is 0 Å². The van der Waals surface area contributed by atoms with Gasteiger partial charge in [-0.25, -0.2) is 0 Å². The molecule has 138 valence electrons. The lowest BCUT2D eigenvalue weighted by molar-refractivity contribution is -0.110. The largest absolute Gasteiger partial charge is 0.378 e. The highest BCUT2D eigenvalue weighted by atomic mass is 35.5. The lowest BCUT2D eigenvalue weighted by atomic mass is 10.0. The highest BCUT2D eigenvalue weighted by Gasteiger charge is 2.25. The molecule has 0 radical (unpaired) electrons. The second-order valence-electron chi connectivity index (χ2n) is 7.11. The molecular weight excluding hydrogens is 360 g/mol. The minimum Gasteiger partial charge on any atom is -0.378 e. The number of amides is 1. The fraction of sp³-hybridized carbons (Fsp3) is 0.190. The number of hydrogen-bond donors (Lipinski definition) is 2. The highest BCUT2D eigenvalue weighted by molar-refractivity contribution is 6.38. The van der Waals surface area contributed by atoms with Gasteiger partial charge in [-0.1, -0.05) is 11.6 Å². The van der Waals surface area contributed by atoms with E-state index in [0.717, 1.165) is 39.1 Å². The number of fused-ring (bicyclic) bond motifs is 2. The summed E-state index contributed by atoms with van der Waals surface area (Å²) < 4.78 is 0. The number of anilines is 3. The number of carbonyl (C=O) groups excluding carboxylic acids is 1. The predicted octanol–water partition coefficient (Wildman–Crippen LogP) is 4.45. The summed E-state index contributed by atoms with van der Waals surface area (Å²) in [5, 5.41) is 4.45. The minimum atomic E-state index is -0.116. The van der Waals surface area contributed by atoms with E-state index in [1.54, 1.807) is 0 Å². The van der Waals surface area contributed by atoms with Gasteiger partial charge in [-0.3, -0.25) is 4.79 Å². The number of benzene rings is 2. The van der Waals surface area contributed by atoms with Crippen molar-refractivity contribution in [2.75, 3.05) is 43.3 Å². The summed E-state index contributed by atoms with van der Waals surface area (Å²) in [7, 11) is 7.96. The normalized spacial score (nSPS) is 14.6. The molecule has 0 atom stereocenters. The number of nitrogens with zero attached hydrogens (tertiary/aromatic N) is 2. The molecule has 0 bridgehead atoms. The van der Waals surface area contributed by atoms with Crippen molar-refractivity contribution < 1.29 is 4.79 Å². The van der Waals surface area contributed by atoms with Crippen molar-refractivity contribution in [3.63, 3.8) is 0 Å². The van der Waals surface area contributed by atoms with E-state index in [1.807, 2.05) is 74.4 Å². The molecule has 6 heteroatoms. The second kappa shape index (κ2) is 6.35. The number of hydrogen-bond acceptors (Lipinski definition) is 3. The highest BCUT2D eigenvalue weighted by Crippen LogP contribution is 2.38. The van der Waals surface area contributed by atoms with E-state index < -0.39 is 0 Å². The molecule has 0 saturated heterocycles. The van der Waals surface area contributed by atoms with E-state index in [1.165, 1.54) is 0 Å². The number of rotatable bonds is 3. The van der Waals surface area contributed by atoms with Gasteiger partial charge in [-0.2, -0.15) is 0 Å². The van der Waals surface area contributed by atoms with Gasteiger partial charge in [0.2, 0.25) is 0 Å². The maximum absolute atomic E-state index is 12.6. The number of halogens is 1. The maximum Gasteiger partial charge on any atom is 0.256 e. The Labute approximate surface area is 163 Å². The van der Waals surface area contributed by atoms with Crippen molar-refractivity contribution in [3.05, 3.63) is 52.7 Å². The average Bonchev–Trinajstić information content (AvgIpc) is 3.10. The fourth-order valence-electron chi connectivity index (χ4n) is 3.33. The third kappa shape index (κ3) is 2.94. The van der Waals surface area contributed by atoms with Crippen molar-refractivity contribution in [2.24, 2.45) is 0 Å². The number of carbonyl (C=O) groups is 1. The first-order chi connectivity index (χ1) is 12.8. The number of nitrogens with one attached hydrogen (secondary N) is 2. The van der Waals surface area contributed by atoms with Crippen LogP contribution < -0.4 is 15.1 Å². The number of aromatic nitrogens is 1. The topological polar surface area (TPSA) is 51.4 Å². The van der Waals surface area contributed by atoms with Gasteiger partial charge < -0.3 is 20.1 Å². The SMILES string of the molecule is CN(C)c1ccc2c(c1)/C(=C\c1c(Cl)[nH]c3ccc(N(C)C)cc13)C(=O)N2. The van der Waals surface area contributed by atoms with Crippen molar-refractivity contribution >= 4 is 57.1 Å². The summed E-state index contributed by atoms with van der Waals surface area (Å²) in [4.78, 5) is 19.9. The smallest absolute Gasteiger partial charge is 0.256 e. The van der Waals surface area contributed by atoms with E-state index in [4.69, 9.17) is 11.6 Å². The number of aromatic amines is 1. The van der Waals surface area contributed by atoms with Gasteiger partial charge in [0, 0.05) is 72.9 Å². The third-order valence-electron chi connectivity index (χ3n) is 4.88. The van der Waals surface area contributed by atoms with Crippen LogP contribution >= 0.6 is 11.6 Å². The molecule has 1 aliphatic heterocycles. The summed E-state index contributed by atoms with van der Waals surface area (Å²) in [6.45, 7) is 0. The first-order valence-electron chi connectivity index (χ1n) is 8.68. The first-order valence-corrected chi connectivity index (χ1v) is 9.06. The molecular formula is C21H21ClN4O. The maximum atomic E-state index is 12.6. The van der Waals surface area contributed by atoms with Crippen LogP contribution in [0.2, 0.25) is 5.15 Å². The monoisotopic (exact) mass is 380 g/mol. The molecule has 5 nitrogen and oxygen atoms in total. The van der Waals surface area contributed by atoms with E-state index in [-0.39, 0.29) is 5.91 Å². The average molecular weight is 381 g/mol. The lowest BCUT2D eigenvalue weighted by Crippen LogP contribution is -2.08.